The molecule has 1 aromatic rings. The number of rotatable bonds is 1. The van der Waals surface area contributed by atoms with E-state index in [9.17, 15) is 0 Å². The van der Waals surface area contributed by atoms with E-state index < -0.39 is 0 Å². The highest BCUT2D eigenvalue weighted by Gasteiger charge is 2.05. The van der Waals surface area contributed by atoms with E-state index >= 15 is 0 Å². The van der Waals surface area contributed by atoms with E-state index in [1.54, 1.807) is 6.92 Å². The molecule has 54 valence electrons. The Labute approximate surface area is 64.2 Å². The lowest BCUT2D eigenvalue weighted by Gasteiger charge is -1.94. The molecule has 0 bridgehead atoms. The zero-order valence-corrected chi connectivity index (χ0v) is 6.88. The molecule has 0 amide bonds. The van der Waals surface area contributed by atoms with E-state index in [-0.39, 0.29) is 0 Å². The van der Waals surface area contributed by atoms with Gasteiger partial charge in [0.15, 0.2) is 0 Å². The predicted molar refractivity (Wildman–Crippen MR) is 46.0 cm³/mol. The summed E-state index contributed by atoms with van der Waals surface area (Å²) in [5.41, 5.74) is 8.06. The number of aryl methyl sites for hydroxylation is 1. The molecule has 0 saturated carbocycles. The van der Waals surface area contributed by atoms with Crippen molar-refractivity contribution in [1.82, 2.24) is 0 Å². The first kappa shape index (κ1) is 7.28. The van der Waals surface area contributed by atoms with E-state index in [4.69, 9.17) is 11.1 Å². The van der Waals surface area contributed by atoms with E-state index in [0.29, 0.717) is 5.71 Å². The van der Waals surface area contributed by atoms with Crippen LogP contribution < -0.4 is 5.73 Å². The van der Waals surface area contributed by atoms with Crippen LogP contribution in [0.1, 0.15) is 17.4 Å². The average Bonchev–Trinajstić information content (AvgIpc) is 2.14. The zero-order chi connectivity index (χ0) is 7.72. The fourth-order valence-corrected chi connectivity index (χ4v) is 1.63. The van der Waals surface area contributed by atoms with Gasteiger partial charge in [0.1, 0.15) is 0 Å². The van der Waals surface area contributed by atoms with Crippen LogP contribution in [0.4, 0.5) is 5.69 Å². The van der Waals surface area contributed by atoms with Crippen LogP contribution in [0, 0.1) is 12.3 Å². The molecule has 0 atom stereocenters. The first-order valence-electron chi connectivity index (χ1n) is 3.02. The number of anilines is 1. The van der Waals surface area contributed by atoms with E-state index in [1.165, 1.54) is 11.3 Å². The number of hydrogen-bond donors (Lipinski definition) is 2. The molecule has 0 fully saturated rings. The maximum Gasteiger partial charge on any atom is 0.0707 e. The number of nitrogen functional groups attached to an aromatic ring is 1. The average molecular weight is 154 g/mol. The van der Waals surface area contributed by atoms with Crippen molar-refractivity contribution in [3.63, 3.8) is 0 Å². The minimum Gasteiger partial charge on any atom is -0.397 e. The second-order valence-corrected chi connectivity index (χ2v) is 3.17. The molecule has 0 saturated heterocycles. The quantitative estimate of drug-likeness (QED) is 0.597. The van der Waals surface area contributed by atoms with Crippen LogP contribution >= 0.6 is 11.3 Å². The van der Waals surface area contributed by atoms with Crippen molar-refractivity contribution in [1.29, 1.82) is 5.41 Å². The van der Waals surface area contributed by atoms with Gasteiger partial charge in [0.05, 0.1) is 10.6 Å². The fourth-order valence-electron chi connectivity index (χ4n) is 0.744. The van der Waals surface area contributed by atoms with Crippen LogP contribution in [0.25, 0.3) is 0 Å². The fraction of sp³-hybridized carbons (Fsp3) is 0.286. The number of nitrogens with one attached hydrogen (secondary N) is 1. The summed E-state index contributed by atoms with van der Waals surface area (Å²) in [5, 5.41) is 9.29. The molecule has 0 spiro atoms. The minimum absolute atomic E-state index is 0.551. The molecule has 10 heavy (non-hydrogen) atoms. The summed E-state index contributed by atoms with van der Waals surface area (Å²) in [6, 6.07) is 0. The summed E-state index contributed by atoms with van der Waals surface area (Å²) in [7, 11) is 0. The van der Waals surface area contributed by atoms with Gasteiger partial charge in [-0.2, -0.15) is 0 Å². The lowest BCUT2D eigenvalue weighted by molar-refractivity contribution is 1.47. The highest BCUT2D eigenvalue weighted by Crippen LogP contribution is 2.24. The van der Waals surface area contributed by atoms with Gasteiger partial charge in [-0.25, -0.2) is 0 Å². The van der Waals surface area contributed by atoms with Crippen LogP contribution in [-0.4, -0.2) is 5.71 Å². The van der Waals surface area contributed by atoms with Gasteiger partial charge in [0.25, 0.3) is 0 Å². The lowest BCUT2D eigenvalue weighted by atomic mass is 10.2. The maximum atomic E-state index is 7.32. The van der Waals surface area contributed by atoms with Crippen molar-refractivity contribution in [3.05, 3.63) is 15.8 Å². The molecule has 0 radical (unpaired) electrons. The summed E-state index contributed by atoms with van der Waals surface area (Å²) in [6.45, 7) is 3.71. The lowest BCUT2D eigenvalue weighted by Crippen LogP contribution is -1.94. The summed E-state index contributed by atoms with van der Waals surface area (Å²) >= 11 is 1.53. The Kier molecular flexibility index (Phi) is 1.76. The van der Waals surface area contributed by atoms with Crippen molar-refractivity contribution in [2.75, 3.05) is 5.73 Å². The molecule has 0 unspecified atom stereocenters. The standard InChI is InChI=1S/C7H10N2S/c1-4-3-10-7(5(2)8)6(4)9/h3,8H,9H2,1-2H3. The van der Waals surface area contributed by atoms with E-state index in [2.05, 4.69) is 0 Å². The predicted octanol–water partition coefficient (Wildman–Crippen LogP) is 2.03. The molecule has 3 N–H and O–H groups in total. The molecule has 0 aliphatic heterocycles. The first-order valence-corrected chi connectivity index (χ1v) is 3.90. The molecule has 3 heteroatoms. The number of nitrogens with two attached hydrogens (primary N) is 1. The van der Waals surface area contributed by atoms with Gasteiger partial charge in [-0.05, 0) is 24.8 Å². The summed E-state index contributed by atoms with van der Waals surface area (Å²) in [5.74, 6) is 0. The Hall–Kier alpha value is -0.830. The van der Waals surface area contributed by atoms with Gasteiger partial charge < -0.3 is 11.1 Å². The molecule has 1 heterocycles. The van der Waals surface area contributed by atoms with Crippen molar-refractivity contribution in [3.8, 4) is 0 Å². The maximum absolute atomic E-state index is 7.32. The van der Waals surface area contributed by atoms with Gasteiger partial charge in [-0.3, -0.25) is 0 Å². The molecule has 2 nitrogen and oxygen atoms in total. The van der Waals surface area contributed by atoms with Gasteiger partial charge >= 0.3 is 0 Å². The molecule has 0 aliphatic rings. The van der Waals surface area contributed by atoms with Crippen LogP contribution in [0.5, 0.6) is 0 Å². The Morgan fingerprint density at radius 3 is 2.50 bits per heavy atom. The molecule has 1 rings (SSSR count). The van der Waals surface area contributed by atoms with Crippen LogP contribution in [-0.2, 0) is 0 Å². The van der Waals surface area contributed by atoms with Gasteiger partial charge in [-0.15, -0.1) is 11.3 Å². The van der Waals surface area contributed by atoms with Crippen molar-refractivity contribution in [2.45, 2.75) is 13.8 Å². The monoisotopic (exact) mass is 154 g/mol. The Balaban J connectivity index is 3.17. The summed E-state index contributed by atoms with van der Waals surface area (Å²) < 4.78 is 0. The molecular formula is C7H10N2S. The Morgan fingerprint density at radius 1 is 1.70 bits per heavy atom. The van der Waals surface area contributed by atoms with E-state index in [1.807, 2.05) is 12.3 Å². The third-order valence-corrected chi connectivity index (χ3v) is 2.60. The van der Waals surface area contributed by atoms with Crippen molar-refractivity contribution >= 4 is 22.7 Å². The van der Waals surface area contributed by atoms with Crippen LogP contribution in [0.2, 0.25) is 0 Å². The first-order chi connectivity index (χ1) is 4.63. The Bertz CT molecular complexity index is 263. The Morgan fingerprint density at radius 2 is 2.30 bits per heavy atom. The molecular weight excluding hydrogens is 144 g/mol. The zero-order valence-electron chi connectivity index (χ0n) is 6.06. The normalized spacial score (nSPS) is 9.80. The van der Waals surface area contributed by atoms with Gasteiger partial charge in [0, 0.05) is 5.71 Å². The topological polar surface area (TPSA) is 49.9 Å². The van der Waals surface area contributed by atoms with Crippen LogP contribution in [0.15, 0.2) is 5.38 Å². The third-order valence-electron chi connectivity index (χ3n) is 1.36. The minimum atomic E-state index is 0.551. The smallest absolute Gasteiger partial charge is 0.0707 e. The SMILES string of the molecule is CC(=N)c1scc(C)c1N. The highest BCUT2D eigenvalue weighted by atomic mass is 32.1. The largest absolute Gasteiger partial charge is 0.397 e. The van der Waals surface area contributed by atoms with Gasteiger partial charge in [-0.1, -0.05) is 0 Å². The van der Waals surface area contributed by atoms with Gasteiger partial charge in [0.2, 0.25) is 0 Å². The highest BCUT2D eigenvalue weighted by molar-refractivity contribution is 7.13. The van der Waals surface area contributed by atoms with E-state index in [0.717, 1.165) is 16.1 Å². The second kappa shape index (κ2) is 2.42. The second-order valence-electron chi connectivity index (χ2n) is 2.29. The molecule has 0 aromatic carbocycles. The van der Waals surface area contributed by atoms with Crippen LogP contribution in [0.3, 0.4) is 0 Å². The molecule has 0 aliphatic carbocycles. The summed E-state index contributed by atoms with van der Waals surface area (Å²) in [6.07, 6.45) is 0. The summed E-state index contributed by atoms with van der Waals surface area (Å²) in [4.78, 5) is 0.900. The van der Waals surface area contributed by atoms with Crippen molar-refractivity contribution < 1.29 is 0 Å². The number of thiophene rings is 1. The number of hydrogen-bond acceptors (Lipinski definition) is 3. The van der Waals surface area contributed by atoms with Crippen molar-refractivity contribution in [2.24, 2.45) is 0 Å². The third kappa shape index (κ3) is 1.04. The molecule has 1 aromatic heterocycles.